The van der Waals surface area contributed by atoms with Gasteiger partial charge in [0.05, 0.1) is 24.4 Å². The largest absolute Gasteiger partial charge is 0.507 e. The summed E-state index contributed by atoms with van der Waals surface area (Å²) in [6.45, 7) is 6.99. The molecule has 2 aromatic carbocycles. The normalized spacial score (nSPS) is 16.6. The second kappa shape index (κ2) is 10.7. The summed E-state index contributed by atoms with van der Waals surface area (Å²) in [6.07, 6.45) is 1.45. The number of hydrogen-bond donors (Lipinski definition) is 1. The molecule has 1 aliphatic heterocycles. The number of thiazole rings is 1. The predicted octanol–water partition coefficient (Wildman–Crippen LogP) is 5.50. The highest BCUT2D eigenvalue weighted by Crippen LogP contribution is 2.44. The van der Waals surface area contributed by atoms with Crippen LogP contribution in [0.3, 0.4) is 0 Å². The number of anilines is 1. The van der Waals surface area contributed by atoms with E-state index in [0.717, 1.165) is 21.4 Å². The number of aliphatic hydroxyl groups excluding tert-OH is 1. The Kier molecular flexibility index (Phi) is 7.60. The van der Waals surface area contributed by atoms with E-state index in [9.17, 15) is 19.5 Å². The first kappa shape index (κ1) is 26.3. The van der Waals surface area contributed by atoms with E-state index in [1.165, 1.54) is 18.1 Å². The van der Waals surface area contributed by atoms with Gasteiger partial charge in [-0.25, -0.2) is 9.78 Å². The van der Waals surface area contributed by atoms with Crippen LogP contribution in [0.2, 0.25) is 0 Å². The van der Waals surface area contributed by atoms with Crippen molar-refractivity contribution in [1.29, 1.82) is 0 Å². The van der Waals surface area contributed by atoms with E-state index in [2.05, 4.69) is 27.5 Å². The molecule has 190 valence electrons. The predicted molar refractivity (Wildman–Crippen MR) is 144 cm³/mol. The quantitative estimate of drug-likeness (QED) is 0.129. The number of benzene rings is 2. The maximum absolute atomic E-state index is 13.4. The van der Waals surface area contributed by atoms with Crippen molar-refractivity contribution < 1.29 is 29.0 Å². The molecule has 10 heteroatoms. The fourth-order valence-electron chi connectivity index (χ4n) is 4.08. The highest BCUT2D eigenvalue weighted by Gasteiger charge is 2.48. The molecule has 1 amide bonds. The van der Waals surface area contributed by atoms with E-state index in [0.29, 0.717) is 22.6 Å². The first-order chi connectivity index (χ1) is 17.7. The average molecular weight is 583 g/mol. The van der Waals surface area contributed by atoms with Crippen LogP contribution in [0, 0.1) is 13.8 Å². The number of methoxy groups -OCH3 is 1. The van der Waals surface area contributed by atoms with Crippen molar-refractivity contribution in [2.45, 2.75) is 19.9 Å². The summed E-state index contributed by atoms with van der Waals surface area (Å²) in [4.78, 5) is 45.1. The molecule has 37 heavy (non-hydrogen) atoms. The smallest absolute Gasteiger partial charge is 0.350 e. The summed E-state index contributed by atoms with van der Waals surface area (Å²) < 4.78 is 11.2. The number of carbonyl (C=O) groups excluding carboxylic acids is 3. The van der Waals surface area contributed by atoms with E-state index < -0.39 is 23.7 Å². The summed E-state index contributed by atoms with van der Waals surface area (Å²) >= 11 is 4.38. The molecule has 1 atom stereocenters. The van der Waals surface area contributed by atoms with Crippen LogP contribution in [0.5, 0.6) is 5.75 Å². The van der Waals surface area contributed by atoms with Gasteiger partial charge in [0.15, 0.2) is 5.13 Å². The molecule has 0 radical (unpaired) electrons. The van der Waals surface area contributed by atoms with Gasteiger partial charge in [-0.2, -0.15) is 0 Å². The molecule has 0 saturated carbocycles. The lowest BCUT2D eigenvalue weighted by molar-refractivity contribution is -0.132. The number of Topliss-reactive ketones (excluding diaryl/α,β-unsaturated/α-hetero) is 1. The number of carbonyl (C=O) groups is 3. The maximum atomic E-state index is 13.4. The van der Waals surface area contributed by atoms with Crippen molar-refractivity contribution in [3.63, 3.8) is 0 Å². The molecular weight excluding hydrogens is 560 g/mol. The molecule has 1 saturated heterocycles. The highest BCUT2D eigenvalue weighted by molar-refractivity contribution is 9.10. The second-order valence-electron chi connectivity index (χ2n) is 8.21. The van der Waals surface area contributed by atoms with Crippen LogP contribution >= 0.6 is 27.3 Å². The van der Waals surface area contributed by atoms with Crippen molar-refractivity contribution in [2.24, 2.45) is 0 Å². The number of aryl methyl sites for hydroxylation is 2. The van der Waals surface area contributed by atoms with Gasteiger partial charge in [0, 0.05) is 10.0 Å². The summed E-state index contributed by atoms with van der Waals surface area (Å²) in [5.74, 6) is -2.04. The fourth-order valence-corrected chi connectivity index (χ4v) is 5.48. The molecular formula is C27H23BrN2O6S. The van der Waals surface area contributed by atoms with Gasteiger partial charge in [0.2, 0.25) is 0 Å². The van der Waals surface area contributed by atoms with Gasteiger partial charge in [-0.3, -0.25) is 14.5 Å². The molecule has 3 aromatic rings. The monoisotopic (exact) mass is 582 g/mol. The standard InChI is InChI=1S/C27H23BrN2O6S/c1-5-11-36-26(34)24-15(3)29-27(37-24)30-21(16-7-6-8-18(28)13-16)20(23(32)25(30)33)22(31)17-9-10-19(35-4)14(2)12-17/h5-10,12-13,21,31H,1,11H2,2-4H3/b22-20+. The number of ketones is 1. The van der Waals surface area contributed by atoms with Crippen molar-refractivity contribution in [1.82, 2.24) is 4.98 Å². The Balaban J connectivity index is 1.89. The minimum Gasteiger partial charge on any atom is -0.507 e. The molecule has 1 fully saturated rings. The number of esters is 1. The molecule has 8 nitrogen and oxygen atoms in total. The molecule has 4 rings (SSSR count). The number of halogens is 1. The number of hydrogen-bond acceptors (Lipinski definition) is 8. The van der Waals surface area contributed by atoms with Crippen molar-refractivity contribution in [3.8, 4) is 5.75 Å². The molecule has 1 aromatic heterocycles. The van der Waals surface area contributed by atoms with Crippen LogP contribution in [0.15, 0.2) is 65.2 Å². The topological polar surface area (TPSA) is 106 Å². The Morgan fingerprint density at radius 3 is 2.65 bits per heavy atom. The zero-order chi connectivity index (χ0) is 26.9. The Morgan fingerprint density at radius 2 is 2.00 bits per heavy atom. The van der Waals surface area contributed by atoms with E-state index in [1.54, 1.807) is 43.3 Å². The molecule has 1 aliphatic rings. The fraction of sp³-hybridized carbons (Fsp3) is 0.185. The third-order valence-electron chi connectivity index (χ3n) is 5.79. The summed E-state index contributed by atoms with van der Waals surface area (Å²) in [5, 5.41) is 11.5. The Bertz CT molecular complexity index is 1460. The Morgan fingerprint density at radius 1 is 1.24 bits per heavy atom. The summed E-state index contributed by atoms with van der Waals surface area (Å²) in [5.41, 5.74) is 1.95. The highest BCUT2D eigenvalue weighted by atomic mass is 79.9. The van der Waals surface area contributed by atoms with Gasteiger partial charge >= 0.3 is 11.9 Å². The second-order valence-corrected chi connectivity index (χ2v) is 10.1. The molecule has 0 aliphatic carbocycles. The van der Waals surface area contributed by atoms with Crippen LogP contribution in [-0.2, 0) is 14.3 Å². The minimum atomic E-state index is -0.984. The van der Waals surface area contributed by atoms with E-state index >= 15 is 0 Å². The summed E-state index contributed by atoms with van der Waals surface area (Å²) in [7, 11) is 1.54. The third kappa shape index (κ3) is 4.94. The van der Waals surface area contributed by atoms with Crippen molar-refractivity contribution >= 4 is 55.8 Å². The maximum Gasteiger partial charge on any atom is 0.350 e. The zero-order valence-corrected chi connectivity index (χ0v) is 22.7. The molecule has 1 N–H and O–H groups in total. The molecule has 0 bridgehead atoms. The Hall–Kier alpha value is -3.76. The van der Waals surface area contributed by atoms with Crippen LogP contribution in [0.4, 0.5) is 5.13 Å². The number of nitrogens with zero attached hydrogens (tertiary/aromatic N) is 2. The van der Waals surface area contributed by atoms with Crippen molar-refractivity contribution in [2.75, 3.05) is 18.6 Å². The van der Waals surface area contributed by atoms with Crippen LogP contribution < -0.4 is 9.64 Å². The number of aromatic nitrogens is 1. The molecule has 1 unspecified atom stereocenters. The molecule has 0 spiro atoms. The van der Waals surface area contributed by atoms with Gasteiger partial charge in [0.1, 0.15) is 23.0 Å². The zero-order valence-electron chi connectivity index (χ0n) is 20.3. The number of rotatable bonds is 7. The molecule has 2 heterocycles. The van der Waals surface area contributed by atoms with E-state index in [4.69, 9.17) is 9.47 Å². The number of ether oxygens (including phenoxy) is 2. The first-order valence-corrected chi connectivity index (χ1v) is 12.8. The average Bonchev–Trinajstić information content (AvgIpc) is 3.38. The Labute approximate surface area is 226 Å². The van der Waals surface area contributed by atoms with Gasteiger partial charge < -0.3 is 14.6 Å². The van der Waals surface area contributed by atoms with Gasteiger partial charge in [-0.1, -0.05) is 52.1 Å². The minimum absolute atomic E-state index is 0.0232. The van der Waals surface area contributed by atoms with Crippen molar-refractivity contribution in [3.05, 3.63) is 92.4 Å². The van der Waals surface area contributed by atoms with Crippen LogP contribution in [0.25, 0.3) is 5.76 Å². The first-order valence-electron chi connectivity index (χ1n) is 11.1. The number of amides is 1. The third-order valence-corrected chi connectivity index (χ3v) is 7.42. The van der Waals surface area contributed by atoms with E-state index in [-0.39, 0.29) is 27.9 Å². The van der Waals surface area contributed by atoms with Gasteiger partial charge in [-0.15, -0.1) is 0 Å². The van der Waals surface area contributed by atoms with Gasteiger partial charge in [-0.05, 0) is 55.3 Å². The van der Waals surface area contributed by atoms with E-state index in [1.807, 2.05) is 13.0 Å². The lowest BCUT2D eigenvalue weighted by Gasteiger charge is -2.23. The number of aliphatic hydroxyl groups is 1. The lowest BCUT2D eigenvalue weighted by atomic mass is 9.95. The lowest BCUT2D eigenvalue weighted by Crippen LogP contribution is -2.29. The SMILES string of the molecule is C=CCOC(=O)c1sc(N2C(=O)C(=O)/C(=C(/O)c3ccc(OC)c(C)c3)C2c2cccc(Br)c2)nc1C. The summed E-state index contributed by atoms with van der Waals surface area (Å²) in [6, 6.07) is 11.1. The van der Waals surface area contributed by atoms with Crippen LogP contribution in [-0.4, -0.2) is 41.5 Å². The van der Waals surface area contributed by atoms with Crippen LogP contribution in [0.1, 0.15) is 38.1 Å². The van der Waals surface area contributed by atoms with Gasteiger partial charge in [0.25, 0.3) is 5.78 Å².